The second-order valence-corrected chi connectivity index (χ2v) is 10.6. The Morgan fingerprint density at radius 1 is 0.871 bits per heavy atom. The summed E-state index contributed by atoms with van der Waals surface area (Å²) in [4.78, 5) is 0. The first kappa shape index (κ1) is 22.1. The van der Waals surface area contributed by atoms with E-state index in [2.05, 4.69) is 72.2 Å². The fraction of sp³-hybridized carbons (Fsp3) is 0.500. The fourth-order valence-corrected chi connectivity index (χ4v) is 6.85. The van der Waals surface area contributed by atoms with Gasteiger partial charge in [0, 0.05) is 10.0 Å². The van der Waals surface area contributed by atoms with Crippen LogP contribution in [0.3, 0.4) is 0 Å². The van der Waals surface area contributed by atoms with Crippen LogP contribution >= 0.6 is 15.9 Å². The van der Waals surface area contributed by atoms with Gasteiger partial charge in [-0.1, -0.05) is 66.9 Å². The molecule has 2 nitrogen and oxygen atoms in total. The molecule has 3 saturated carbocycles. The lowest BCUT2D eigenvalue weighted by atomic mass is 9.50. The van der Waals surface area contributed by atoms with Crippen molar-refractivity contribution in [3.8, 4) is 23.3 Å². The molecule has 0 aliphatic heterocycles. The lowest BCUT2D eigenvalue weighted by molar-refractivity contribution is 0.0319. The number of halogens is 1. The fourth-order valence-electron chi connectivity index (χ4n) is 6.28. The molecule has 3 aliphatic carbocycles. The SMILES string of the molecule is CCCc1ccc(-c2ccc(C34CCC(CCC)(CC3)CC4)c(C#N)c2C#N)cc1Br. The van der Waals surface area contributed by atoms with E-state index in [1.165, 1.54) is 37.7 Å². The van der Waals surface area contributed by atoms with Crippen LogP contribution in [0.5, 0.6) is 0 Å². The molecule has 0 atom stereocenters. The van der Waals surface area contributed by atoms with Gasteiger partial charge >= 0.3 is 0 Å². The third kappa shape index (κ3) is 3.83. The van der Waals surface area contributed by atoms with E-state index in [0.717, 1.165) is 53.3 Å². The smallest absolute Gasteiger partial charge is 0.101 e. The van der Waals surface area contributed by atoms with E-state index in [-0.39, 0.29) is 5.41 Å². The number of nitrogens with zero attached hydrogens (tertiary/aromatic N) is 2. The molecular formula is C28H31BrN2. The Labute approximate surface area is 195 Å². The molecular weight excluding hydrogens is 444 g/mol. The van der Waals surface area contributed by atoms with E-state index in [0.29, 0.717) is 16.5 Å². The van der Waals surface area contributed by atoms with Gasteiger partial charge in [-0.25, -0.2) is 0 Å². The Hall–Kier alpha value is -2.10. The molecule has 0 saturated heterocycles. The van der Waals surface area contributed by atoms with E-state index < -0.39 is 0 Å². The molecule has 5 rings (SSSR count). The molecule has 0 unspecified atom stereocenters. The van der Waals surface area contributed by atoms with Crippen molar-refractivity contribution in [2.75, 3.05) is 0 Å². The summed E-state index contributed by atoms with van der Waals surface area (Å²) in [6.45, 7) is 4.47. The van der Waals surface area contributed by atoms with Crippen LogP contribution in [0.2, 0.25) is 0 Å². The first-order valence-electron chi connectivity index (χ1n) is 11.8. The van der Waals surface area contributed by atoms with Gasteiger partial charge in [0.15, 0.2) is 0 Å². The molecule has 3 heteroatoms. The first-order chi connectivity index (χ1) is 15.0. The van der Waals surface area contributed by atoms with Crippen molar-refractivity contribution in [1.29, 1.82) is 10.5 Å². The zero-order chi connectivity index (χ0) is 22.1. The quantitative estimate of drug-likeness (QED) is 0.423. The molecule has 0 aromatic heterocycles. The highest BCUT2D eigenvalue weighted by Gasteiger charge is 2.49. The Balaban J connectivity index is 1.75. The monoisotopic (exact) mass is 474 g/mol. The molecule has 0 N–H and O–H groups in total. The largest absolute Gasteiger partial charge is 0.192 e. The zero-order valence-electron chi connectivity index (χ0n) is 18.7. The van der Waals surface area contributed by atoms with E-state index in [9.17, 15) is 10.5 Å². The van der Waals surface area contributed by atoms with Crippen LogP contribution in [-0.2, 0) is 11.8 Å². The summed E-state index contributed by atoms with van der Waals surface area (Å²) in [7, 11) is 0. The summed E-state index contributed by atoms with van der Waals surface area (Å²) in [6, 6.07) is 15.4. The van der Waals surface area contributed by atoms with Crippen LogP contribution < -0.4 is 0 Å². The number of nitriles is 2. The van der Waals surface area contributed by atoms with Gasteiger partial charge in [0.25, 0.3) is 0 Å². The minimum absolute atomic E-state index is 0.0796. The number of fused-ring (bicyclic) bond motifs is 3. The Bertz CT molecular complexity index is 1050. The molecule has 2 bridgehead atoms. The molecule has 31 heavy (non-hydrogen) atoms. The first-order valence-corrected chi connectivity index (χ1v) is 12.6. The van der Waals surface area contributed by atoms with Gasteiger partial charge in [-0.05, 0) is 85.0 Å². The normalized spacial score (nSPS) is 24.5. The molecule has 3 fully saturated rings. The van der Waals surface area contributed by atoms with Crippen molar-refractivity contribution < 1.29 is 0 Å². The molecule has 0 heterocycles. The van der Waals surface area contributed by atoms with E-state index >= 15 is 0 Å². The van der Waals surface area contributed by atoms with Crippen molar-refractivity contribution >= 4 is 15.9 Å². The highest BCUT2D eigenvalue weighted by molar-refractivity contribution is 9.10. The van der Waals surface area contributed by atoms with Crippen LogP contribution in [0, 0.1) is 28.1 Å². The summed E-state index contributed by atoms with van der Waals surface area (Å²) in [5.74, 6) is 0. The zero-order valence-corrected chi connectivity index (χ0v) is 20.3. The standard InChI is InChI=1S/C28H31BrN2/c1-3-5-20-6-7-21(17-26(20)29)22-8-9-25(24(19-31)23(22)18-30)28-14-11-27(10-4-2,12-15-28)13-16-28/h6-9,17H,3-5,10-16H2,1-2H3. The second-order valence-electron chi connectivity index (χ2n) is 9.72. The second kappa shape index (κ2) is 8.80. The third-order valence-electron chi connectivity index (χ3n) is 8.07. The highest BCUT2D eigenvalue weighted by Crippen LogP contribution is 2.60. The van der Waals surface area contributed by atoms with Crippen LogP contribution in [-0.4, -0.2) is 0 Å². The van der Waals surface area contributed by atoms with Crippen molar-refractivity contribution in [2.45, 2.75) is 83.5 Å². The number of aryl methyl sites for hydroxylation is 1. The van der Waals surface area contributed by atoms with Crippen LogP contribution in [0.25, 0.3) is 11.1 Å². The van der Waals surface area contributed by atoms with Gasteiger partial charge in [0.05, 0.1) is 11.1 Å². The maximum Gasteiger partial charge on any atom is 0.101 e. The lowest BCUT2D eigenvalue weighted by Crippen LogP contribution is -2.44. The van der Waals surface area contributed by atoms with E-state index in [4.69, 9.17) is 0 Å². The third-order valence-corrected chi connectivity index (χ3v) is 8.80. The molecule has 0 amide bonds. The summed E-state index contributed by atoms with van der Waals surface area (Å²) >= 11 is 3.70. The number of hydrogen-bond donors (Lipinski definition) is 0. The molecule has 2 aromatic carbocycles. The Kier molecular flexibility index (Phi) is 6.27. The average Bonchev–Trinajstić information content (AvgIpc) is 2.80. The topological polar surface area (TPSA) is 47.6 Å². The maximum absolute atomic E-state index is 10.1. The van der Waals surface area contributed by atoms with E-state index in [1.807, 2.05) is 0 Å². The van der Waals surface area contributed by atoms with Crippen LogP contribution in [0.15, 0.2) is 34.8 Å². The highest BCUT2D eigenvalue weighted by atomic mass is 79.9. The van der Waals surface area contributed by atoms with Crippen LogP contribution in [0.4, 0.5) is 0 Å². The number of rotatable bonds is 6. The van der Waals surface area contributed by atoms with Gasteiger partial charge in [-0.2, -0.15) is 10.5 Å². The van der Waals surface area contributed by atoms with Crippen molar-refractivity contribution in [1.82, 2.24) is 0 Å². The van der Waals surface area contributed by atoms with Gasteiger partial charge in [0.2, 0.25) is 0 Å². The summed E-state index contributed by atoms with van der Waals surface area (Å²) in [5, 5.41) is 20.2. The predicted molar refractivity (Wildman–Crippen MR) is 130 cm³/mol. The summed E-state index contributed by atoms with van der Waals surface area (Å²) < 4.78 is 1.07. The van der Waals surface area contributed by atoms with Gasteiger partial charge < -0.3 is 0 Å². The number of benzene rings is 2. The lowest BCUT2D eigenvalue weighted by Gasteiger charge is -2.54. The number of hydrogen-bond acceptors (Lipinski definition) is 2. The molecule has 160 valence electrons. The molecule has 0 spiro atoms. The van der Waals surface area contributed by atoms with Crippen molar-refractivity contribution in [2.24, 2.45) is 5.41 Å². The van der Waals surface area contributed by atoms with Crippen LogP contribution in [0.1, 0.15) is 93.9 Å². The van der Waals surface area contributed by atoms with Crippen molar-refractivity contribution in [3.05, 3.63) is 57.1 Å². The summed E-state index contributed by atoms with van der Waals surface area (Å²) in [5.41, 5.74) is 6.04. The van der Waals surface area contributed by atoms with Gasteiger partial charge in [0.1, 0.15) is 12.1 Å². The minimum Gasteiger partial charge on any atom is -0.192 e. The summed E-state index contributed by atoms with van der Waals surface area (Å²) in [6.07, 6.45) is 12.0. The van der Waals surface area contributed by atoms with Gasteiger partial charge in [-0.3, -0.25) is 0 Å². The maximum atomic E-state index is 10.1. The van der Waals surface area contributed by atoms with Gasteiger partial charge in [-0.15, -0.1) is 0 Å². The predicted octanol–water partition coefficient (Wildman–Crippen LogP) is 8.20. The van der Waals surface area contributed by atoms with Crippen molar-refractivity contribution in [3.63, 3.8) is 0 Å². The Morgan fingerprint density at radius 3 is 2.10 bits per heavy atom. The van der Waals surface area contributed by atoms with E-state index in [1.54, 1.807) is 0 Å². The average molecular weight is 475 g/mol. The molecule has 2 aromatic rings. The Morgan fingerprint density at radius 2 is 1.55 bits per heavy atom. The molecule has 3 aliphatic rings. The minimum atomic E-state index is 0.0796. The molecule has 0 radical (unpaired) electrons.